The number of aliphatic carboxylic acids is 1. The lowest BCUT2D eigenvalue weighted by Crippen LogP contribution is -2.58. The number of aromatic amines is 1. The van der Waals surface area contributed by atoms with Crippen molar-refractivity contribution in [2.24, 2.45) is 0 Å². The fourth-order valence-electron chi connectivity index (χ4n) is 6.37. The Kier molecular flexibility index (Phi) is 7.29. The van der Waals surface area contributed by atoms with Crippen LogP contribution in [0, 0.1) is 0 Å². The Morgan fingerprint density at radius 2 is 1.54 bits per heavy atom. The first kappa shape index (κ1) is 27.4. The summed E-state index contributed by atoms with van der Waals surface area (Å²) in [5.41, 5.74) is 3.15. The number of rotatable bonds is 4. The number of anilines is 1. The number of nitrogens with one attached hydrogen (secondary N) is 2. The molecule has 2 fully saturated rings. The van der Waals surface area contributed by atoms with E-state index in [9.17, 15) is 24.3 Å². The van der Waals surface area contributed by atoms with Crippen molar-refractivity contribution in [1.29, 1.82) is 0 Å². The van der Waals surface area contributed by atoms with Crippen LogP contribution in [-0.4, -0.2) is 79.8 Å². The van der Waals surface area contributed by atoms with Gasteiger partial charge in [-0.25, -0.2) is 9.59 Å². The standard InChI is InChI=1S/C29H29Cl2N5O5/c30-19-10-9-16(13-20(19)31)32-29(41)36-15-22-18(17-5-1-2-6-21(17)33-22)14-25(36)27(38)34-11-3-7-23(34)26(37)35-12-4-8-24(35)28(39)40/h1-2,5-6,9-10,13,23-25,33H,3-4,7-8,11-12,14-15H2,(H,32,41)(H,39,40)/t23-,24-,25+/m0/s1. The third-order valence-electron chi connectivity index (χ3n) is 8.36. The Morgan fingerprint density at radius 1 is 0.854 bits per heavy atom. The van der Waals surface area contributed by atoms with E-state index < -0.39 is 30.1 Å². The quantitative estimate of drug-likeness (QED) is 0.408. The molecule has 3 aliphatic rings. The second-order valence-corrected chi connectivity index (χ2v) is 11.6. The smallest absolute Gasteiger partial charge is 0.326 e. The molecule has 4 heterocycles. The Morgan fingerprint density at radius 3 is 2.27 bits per heavy atom. The maximum absolute atomic E-state index is 14.2. The van der Waals surface area contributed by atoms with Crippen LogP contribution in [0.4, 0.5) is 10.5 Å². The highest BCUT2D eigenvalue weighted by Gasteiger charge is 2.46. The number of carboxylic acid groups (broad SMARTS) is 1. The Labute approximate surface area is 246 Å². The van der Waals surface area contributed by atoms with E-state index in [-0.39, 0.29) is 29.8 Å². The highest BCUT2D eigenvalue weighted by atomic mass is 35.5. The zero-order valence-electron chi connectivity index (χ0n) is 22.1. The van der Waals surface area contributed by atoms with Crippen molar-refractivity contribution >= 4 is 63.6 Å². The van der Waals surface area contributed by atoms with Crippen LogP contribution in [0.25, 0.3) is 10.9 Å². The summed E-state index contributed by atoms with van der Waals surface area (Å²) >= 11 is 12.2. The number of carbonyl (C=O) groups excluding carboxylic acids is 3. The molecule has 2 saturated heterocycles. The van der Waals surface area contributed by atoms with E-state index in [0.29, 0.717) is 49.5 Å². The Balaban J connectivity index is 1.31. The Hall–Kier alpha value is -3.76. The van der Waals surface area contributed by atoms with Gasteiger partial charge >= 0.3 is 12.0 Å². The molecule has 0 bridgehead atoms. The number of carbonyl (C=O) groups is 4. The molecule has 0 radical (unpaired) electrons. The molecule has 1 aromatic heterocycles. The highest BCUT2D eigenvalue weighted by molar-refractivity contribution is 6.42. The number of nitrogens with zero attached hydrogens (tertiary/aromatic N) is 3. The molecule has 4 amide bonds. The average molecular weight is 598 g/mol. The van der Waals surface area contributed by atoms with Crippen LogP contribution in [0.3, 0.4) is 0 Å². The van der Waals surface area contributed by atoms with Gasteiger partial charge in [-0.05, 0) is 55.5 Å². The van der Waals surface area contributed by atoms with Crippen molar-refractivity contribution in [2.45, 2.75) is 56.8 Å². The zero-order valence-corrected chi connectivity index (χ0v) is 23.6. The summed E-state index contributed by atoms with van der Waals surface area (Å²) in [4.78, 5) is 61.0. The van der Waals surface area contributed by atoms with Crippen molar-refractivity contribution in [3.63, 3.8) is 0 Å². The molecular weight excluding hydrogens is 569 g/mol. The monoisotopic (exact) mass is 597 g/mol. The van der Waals surface area contributed by atoms with Gasteiger partial charge in [0.05, 0.1) is 16.6 Å². The SMILES string of the molecule is O=C(O)[C@@H]1CCCN1C(=O)[C@@H]1CCCN1C(=O)[C@H]1Cc2c([nH]c3ccccc23)CN1C(=O)Nc1ccc(Cl)c(Cl)c1. The average Bonchev–Trinajstić information content (AvgIpc) is 3.72. The molecule has 41 heavy (non-hydrogen) atoms. The predicted molar refractivity (Wildman–Crippen MR) is 154 cm³/mol. The van der Waals surface area contributed by atoms with Crippen molar-refractivity contribution < 1.29 is 24.3 Å². The van der Waals surface area contributed by atoms with Gasteiger partial charge in [-0.3, -0.25) is 9.59 Å². The first-order valence-electron chi connectivity index (χ1n) is 13.7. The number of fused-ring (bicyclic) bond motifs is 3. The molecule has 0 unspecified atom stereocenters. The third kappa shape index (κ3) is 4.99. The number of carboxylic acids is 1. The topological polar surface area (TPSA) is 126 Å². The maximum atomic E-state index is 14.2. The van der Waals surface area contributed by atoms with Crippen LogP contribution in [0.2, 0.25) is 10.0 Å². The molecular formula is C29H29Cl2N5O5. The molecule has 3 aromatic rings. The number of para-hydroxylation sites is 1. The van der Waals surface area contributed by atoms with Gasteiger partial charge in [-0.15, -0.1) is 0 Å². The van der Waals surface area contributed by atoms with E-state index in [1.54, 1.807) is 23.1 Å². The van der Waals surface area contributed by atoms with Crippen LogP contribution >= 0.6 is 23.2 Å². The Bertz CT molecular complexity index is 1560. The molecule has 3 aliphatic heterocycles. The van der Waals surface area contributed by atoms with E-state index >= 15 is 0 Å². The second kappa shape index (κ2) is 10.9. The fourth-order valence-corrected chi connectivity index (χ4v) is 6.67. The summed E-state index contributed by atoms with van der Waals surface area (Å²) in [7, 11) is 0. The van der Waals surface area contributed by atoms with Crippen LogP contribution < -0.4 is 5.32 Å². The van der Waals surface area contributed by atoms with Crippen LogP contribution in [0.15, 0.2) is 42.5 Å². The maximum Gasteiger partial charge on any atom is 0.326 e. The molecule has 214 valence electrons. The minimum absolute atomic E-state index is 0.160. The largest absolute Gasteiger partial charge is 0.480 e. The van der Waals surface area contributed by atoms with Gasteiger partial charge in [-0.1, -0.05) is 41.4 Å². The highest BCUT2D eigenvalue weighted by Crippen LogP contribution is 2.34. The van der Waals surface area contributed by atoms with E-state index in [2.05, 4.69) is 10.3 Å². The summed E-state index contributed by atoms with van der Waals surface area (Å²) in [5, 5.41) is 14.1. The van der Waals surface area contributed by atoms with Gasteiger partial charge in [0.2, 0.25) is 11.8 Å². The molecule has 3 N–H and O–H groups in total. The normalized spacial score (nSPS) is 22.2. The number of hydrogen-bond acceptors (Lipinski definition) is 4. The first-order valence-corrected chi connectivity index (χ1v) is 14.4. The van der Waals surface area contributed by atoms with Crippen molar-refractivity contribution in [3.8, 4) is 0 Å². The number of benzene rings is 2. The van der Waals surface area contributed by atoms with Crippen LogP contribution in [0.1, 0.15) is 36.9 Å². The number of likely N-dealkylation sites (tertiary alicyclic amines) is 2. The minimum atomic E-state index is -1.03. The molecule has 12 heteroatoms. The lowest BCUT2D eigenvalue weighted by Gasteiger charge is -2.38. The molecule has 0 aliphatic carbocycles. The fraction of sp³-hybridized carbons (Fsp3) is 0.379. The van der Waals surface area contributed by atoms with E-state index in [1.807, 2.05) is 24.3 Å². The van der Waals surface area contributed by atoms with Crippen molar-refractivity contribution in [1.82, 2.24) is 19.7 Å². The first-order chi connectivity index (χ1) is 19.7. The zero-order chi connectivity index (χ0) is 28.8. The molecule has 0 saturated carbocycles. The summed E-state index contributed by atoms with van der Waals surface area (Å²) in [6, 6.07) is 9.55. The van der Waals surface area contributed by atoms with Crippen LogP contribution in [0.5, 0.6) is 0 Å². The van der Waals surface area contributed by atoms with Gasteiger partial charge in [0.25, 0.3) is 0 Å². The summed E-state index contributed by atoms with van der Waals surface area (Å²) in [5.74, 6) is -1.70. The summed E-state index contributed by atoms with van der Waals surface area (Å²) in [6.07, 6.45) is 2.35. The van der Waals surface area contributed by atoms with Crippen LogP contribution in [-0.2, 0) is 27.3 Å². The molecule has 0 spiro atoms. The molecule has 6 rings (SSSR count). The van der Waals surface area contributed by atoms with Crippen molar-refractivity contribution in [3.05, 3.63) is 63.8 Å². The lowest BCUT2D eigenvalue weighted by atomic mass is 9.95. The molecule has 10 nitrogen and oxygen atoms in total. The number of amides is 4. The third-order valence-corrected chi connectivity index (χ3v) is 9.10. The van der Waals surface area contributed by atoms with Gasteiger partial charge in [0.15, 0.2) is 0 Å². The van der Waals surface area contributed by atoms with E-state index in [1.165, 1.54) is 9.80 Å². The van der Waals surface area contributed by atoms with E-state index in [0.717, 1.165) is 22.2 Å². The lowest BCUT2D eigenvalue weighted by molar-refractivity contribution is -0.152. The van der Waals surface area contributed by atoms with Gasteiger partial charge in [-0.2, -0.15) is 0 Å². The number of hydrogen-bond donors (Lipinski definition) is 3. The van der Waals surface area contributed by atoms with E-state index in [4.69, 9.17) is 23.2 Å². The van der Waals surface area contributed by atoms with Crippen molar-refractivity contribution in [2.75, 3.05) is 18.4 Å². The number of urea groups is 1. The number of halogens is 2. The van der Waals surface area contributed by atoms with Gasteiger partial charge in [0.1, 0.15) is 18.1 Å². The molecule has 2 aromatic carbocycles. The summed E-state index contributed by atoms with van der Waals surface area (Å²) in [6.45, 7) is 0.877. The summed E-state index contributed by atoms with van der Waals surface area (Å²) < 4.78 is 0. The second-order valence-electron chi connectivity index (χ2n) is 10.8. The van der Waals surface area contributed by atoms with Gasteiger partial charge in [0, 0.05) is 41.8 Å². The minimum Gasteiger partial charge on any atom is -0.480 e. The predicted octanol–water partition coefficient (Wildman–Crippen LogP) is 4.50. The van der Waals surface area contributed by atoms with Gasteiger partial charge < -0.3 is 30.1 Å². The number of H-pyrrole nitrogens is 1. The number of aromatic nitrogens is 1. The molecule has 3 atom stereocenters.